The van der Waals surface area contributed by atoms with Crippen molar-refractivity contribution in [2.45, 2.75) is 38.6 Å². The molecule has 1 aliphatic rings. The molecule has 0 amide bonds. The fourth-order valence-corrected chi connectivity index (χ4v) is 5.43. The Morgan fingerprint density at radius 2 is 1.94 bits per heavy atom. The third kappa shape index (κ3) is 2.89. The molecule has 1 saturated carbocycles. The van der Waals surface area contributed by atoms with Gasteiger partial charge >= 0.3 is 0 Å². The molecule has 0 radical (unpaired) electrons. The quantitative estimate of drug-likeness (QED) is 0.774. The largest absolute Gasteiger partial charge is 0.324 e. The first-order valence-electron chi connectivity index (χ1n) is 5.78. The maximum atomic E-state index is 6.39. The van der Waals surface area contributed by atoms with Crippen LogP contribution in [0.15, 0.2) is 13.6 Å². The predicted octanol–water partition coefficient (Wildman–Crippen LogP) is 5.10. The summed E-state index contributed by atoms with van der Waals surface area (Å²) in [6, 6.07) is 2.36. The molecular weight excluding hydrogens is 350 g/mol. The highest BCUT2D eigenvalue weighted by atomic mass is 79.9. The molecule has 0 bridgehead atoms. The Morgan fingerprint density at radius 1 is 1.31 bits per heavy atom. The van der Waals surface area contributed by atoms with Crippen molar-refractivity contribution in [2.24, 2.45) is 17.6 Å². The van der Waals surface area contributed by atoms with Gasteiger partial charge in [-0.1, -0.05) is 19.8 Å². The van der Waals surface area contributed by atoms with Crippen molar-refractivity contribution in [3.8, 4) is 0 Å². The minimum atomic E-state index is 0.199. The minimum Gasteiger partial charge on any atom is -0.324 e. The van der Waals surface area contributed by atoms with Crippen molar-refractivity contribution in [1.29, 1.82) is 0 Å². The summed E-state index contributed by atoms with van der Waals surface area (Å²) in [5, 5.41) is 0. The van der Waals surface area contributed by atoms with E-state index in [1.165, 1.54) is 35.0 Å². The lowest BCUT2D eigenvalue weighted by molar-refractivity contribution is 0.256. The molecule has 1 aromatic rings. The third-order valence-electron chi connectivity index (χ3n) is 3.61. The predicted molar refractivity (Wildman–Crippen MR) is 77.8 cm³/mol. The number of thiophene rings is 1. The molecular formula is C12H17Br2NS. The average molecular weight is 367 g/mol. The maximum Gasteiger partial charge on any atom is 0.0758 e. The zero-order chi connectivity index (χ0) is 11.7. The maximum absolute atomic E-state index is 6.39. The summed E-state index contributed by atoms with van der Waals surface area (Å²) < 4.78 is 2.35. The number of hydrogen-bond acceptors (Lipinski definition) is 2. The monoisotopic (exact) mass is 365 g/mol. The summed E-state index contributed by atoms with van der Waals surface area (Å²) in [6.07, 6.45) is 5.23. The molecule has 1 heterocycles. The Bertz CT molecular complexity index is 356. The van der Waals surface area contributed by atoms with E-state index >= 15 is 0 Å². The van der Waals surface area contributed by atoms with Gasteiger partial charge in [0.2, 0.25) is 0 Å². The average Bonchev–Trinajstić information content (AvgIpc) is 2.58. The first-order chi connectivity index (χ1) is 7.58. The molecule has 2 rings (SSSR count). The van der Waals surface area contributed by atoms with Gasteiger partial charge in [0.05, 0.1) is 7.57 Å². The van der Waals surface area contributed by atoms with Crippen molar-refractivity contribution in [3.63, 3.8) is 0 Å². The van der Waals surface area contributed by atoms with E-state index in [2.05, 4.69) is 44.8 Å². The van der Waals surface area contributed by atoms with Gasteiger partial charge in [-0.05, 0) is 68.2 Å². The lowest BCUT2D eigenvalue weighted by atomic mass is 9.78. The second-order valence-corrected chi connectivity index (χ2v) is 8.57. The third-order valence-corrected chi connectivity index (χ3v) is 6.00. The molecule has 1 nitrogen and oxygen atoms in total. The van der Waals surface area contributed by atoms with Gasteiger partial charge < -0.3 is 5.73 Å². The smallest absolute Gasteiger partial charge is 0.0758 e. The van der Waals surface area contributed by atoms with E-state index in [1.54, 1.807) is 11.3 Å². The van der Waals surface area contributed by atoms with Crippen molar-refractivity contribution >= 4 is 43.2 Å². The summed E-state index contributed by atoms with van der Waals surface area (Å²) >= 11 is 8.84. The molecule has 16 heavy (non-hydrogen) atoms. The van der Waals surface area contributed by atoms with E-state index in [1.807, 2.05) is 0 Å². The van der Waals surface area contributed by atoms with Crippen molar-refractivity contribution in [1.82, 2.24) is 0 Å². The molecule has 1 fully saturated rings. The van der Waals surface area contributed by atoms with E-state index in [0.29, 0.717) is 5.92 Å². The van der Waals surface area contributed by atoms with Gasteiger partial charge in [0.25, 0.3) is 0 Å². The van der Waals surface area contributed by atoms with Crippen molar-refractivity contribution < 1.29 is 0 Å². The van der Waals surface area contributed by atoms with E-state index < -0.39 is 0 Å². The van der Waals surface area contributed by atoms with Crippen LogP contribution in [0.2, 0.25) is 0 Å². The highest BCUT2D eigenvalue weighted by molar-refractivity contribution is 9.12. The normalized spacial score (nSPS) is 28.0. The van der Waals surface area contributed by atoms with Crippen LogP contribution in [-0.2, 0) is 0 Å². The number of rotatable bonds is 2. The summed E-state index contributed by atoms with van der Waals surface area (Å²) in [4.78, 5) is 0. The van der Waals surface area contributed by atoms with Gasteiger partial charge in [0, 0.05) is 6.04 Å². The molecule has 2 N–H and O–H groups in total. The molecule has 90 valence electrons. The first-order valence-corrected chi connectivity index (χ1v) is 8.18. The fourth-order valence-electron chi connectivity index (χ4n) is 2.48. The lowest BCUT2D eigenvalue weighted by Crippen LogP contribution is -2.25. The molecule has 1 unspecified atom stereocenters. The van der Waals surface area contributed by atoms with Gasteiger partial charge in [-0.25, -0.2) is 0 Å². The molecule has 1 atom stereocenters. The molecule has 0 saturated heterocycles. The van der Waals surface area contributed by atoms with Crippen LogP contribution in [0.5, 0.6) is 0 Å². The standard InChI is InChI=1S/C12H17Br2NS/c1-7-2-4-8(5-3-7)11(15)9-6-10(13)16-12(9)14/h6-8,11H,2-5,15H2,1H3. The fraction of sp³-hybridized carbons (Fsp3) is 0.667. The molecule has 1 aliphatic carbocycles. The Balaban J connectivity index is 2.07. The molecule has 1 aromatic heterocycles. The highest BCUT2D eigenvalue weighted by Crippen LogP contribution is 2.41. The molecule has 0 aliphatic heterocycles. The lowest BCUT2D eigenvalue weighted by Gasteiger charge is -2.30. The second-order valence-electron chi connectivity index (χ2n) is 4.83. The zero-order valence-corrected chi connectivity index (χ0v) is 13.4. The number of halogens is 2. The van der Waals surface area contributed by atoms with Crippen LogP contribution in [0.1, 0.15) is 44.2 Å². The van der Waals surface area contributed by atoms with Gasteiger partial charge in [-0.15, -0.1) is 11.3 Å². The molecule has 0 aromatic carbocycles. The topological polar surface area (TPSA) is 26.0 Å². The van der Waals surface area contributed by atoms with Crippen molar-refractivity contribution in [2.75, 3.05) is 0 Å². The van der Waals surface area contributed by atoms with E-state index in [-0.39, 0.29) is 6.04 Å². The van der Waals surface area contributed by atoms with Crippen LogP contribution in [0.25, 0.3) is 0 Å². The second kappa shape index (κ2) is 5.51. The summed E-state index contributed by atoms with van der Waals surface area (Å²) in [7, 11) is 0. The van der Waals surface area contributed by atoms with Crippen LogP contribution in [0.3, 0.4) is 0 Å². The Kier molecular flexibility index (Phi) is 4.50. The first kappa shape index (κ1) is 13.1. The Hall–Kier alpha value is 0.620. The van der Waals surface area contributed by atoms with E-state index in [0.717, 1.165) is 9.70 Å². The van der Waals surface area contributed by atoms with Gasteiger partial charge in [0.15, 0.2) is 0 Å². The highest BCUT2D eigenvalue weighted by Gasteiger charge is 2.26. The minimum absolute atomic E-state index is 0.199. The van der Waals surface area contributed by atoms with Crippen LogP contribution in [-0.4, -0.2) is 0 Å². The van der Waals surface area contributed by atoms with Crippen LogP contribution in [0, 0.1) is 11.8 Å². The Labute approximate surface area is 118 Å². The number of hydrogen-bond donors (Lipinski definition) is 1. The number of nitrogens with two attached hydrogens (primary N) is 1. The summed E-state index contributed by atoms with van der Waals surface area (Å²) in [5.41, 5.74) is 7.66. The molecule has 0 spiro atoms. The zero-order valence-electron chi connectivity index (χ0n) is 9.38. The van der Waals surface area contributed by atoms with Gasteiger partial charge in [-0.2, -0.15) is 0 Å². The Morgan fingerprint density at radius 3 is 2.44 bits per heavy atom. The van der Waals surface area contributed by atoms with Crippen LogP contribution >= 0.6 is 43.2 Å². The van der Waals surface area contributed by atoms with E-state index in [9.17, 15) is 0 Å². The van der Waals surface area contributed by atoms with Gasteiger partial charge in [-0.3, -0.25) is 0 Å². The van der Waals surface area contributed by atoms with Crippen molar-refractivity contribution in [3.05, 3.63) is 19.2 Å². The van der Waals surface area contributed by atoms with Crippen LogP contribution in [0.4, 0.5) is 0 Å². The SMILES string of the molecule is CC1CCC(C(N)c2cc(Br)sc2Br)CC1. The van der Waals surface area contributed by atoms with E-state index in [4.69, 9.17) is 5.73 Å². The summed E-state index contributed by atoms with van der Waals surface area (Å²) in [6.45, 7) is 2.35. The van der Waals surface area contributed by atoms with Crippen LogP contribution < -0.4 is 5.73 Å². The summed E-state index contributed by atoms with van der Waals surface area (Å²) in [5.74, 6) is 1.55. The molecule has 4 heteroatoms. The van der Waals surface area contributed by atoms with Gasteiger partial charge in [0.1, 0.15) is 0 Å².